The average molecular weight is 248 g/mol. The molecule has 0 aliphatic heterocycles. The van der Waals surface area contributed by atoms with Gasteiger partial charge in [0, 0.05) is 18.5 Å². The largest absolute Gasteiger partial charge is 0.323 e. The number of fused-ring (bicyclic) bond motifs is 1. The number of nitrogens with zero attached hydrogens (tertiary/aromatic N) is 3. The van der Waals surface area contributed by atoms with Crippen molar-refractivity contribution in [1.82, 2.24) is 14.8 Å². The Morgan fingerprint density at radius 3 is 2.28 bits per heavy atom. The highest BCUT2D eigenvalue weighted by molar-refractivity contribution is 5.79. The lowest BCUT2D eigenvalue weighted by Gasteiger charge is -2.04. The van der Waals surface area contributed by atoms with Gasteiger partial charge in [0.15, 0.2) is 5.65 Å². The fraction of sp³-hybridized carbons (Fsp3) is 0.571. The van der Waals surface area contributed by atoms with Crippen LogP contribution in [-0.2, 0) is 7.05 Å². The van der Waals surface area contributed by atoms with Crippen molar-refractivity contribution in [2.45, 2.75) is 46.6 Å². The second-order valence-electron chi connectivity index (χ2n) is 4.56. The maximum atomic E-state index is 5.83. The van der Waals surface area contributed by atoms with Gasteiger partial charge in [0.05, 0.1) is 11.4 Å². The first-order valence-corrected chi connectivity index (χ1v) is 6.60. The topological polar surface area (TPSA) is 56.7 Å². The normalized spacial score (nSPS) is 12.4. The summed E-state index contributed by atoms with van der Waals surface area (Å²) in [6, 6.07) is 4.02. The van der Waals surface area contributed by atoms with E-state index in [9.17, 15) is 0 Å². The number of hydrogen-bond donors (Lipinski definition) is 1. The van der Waals surface area contributed by atoms with Crippen LogP contribution in [0.3, 0.4) is 0 Å². The van der Waals surface area contributed by atoms with Crippen molar-refractivity contribution in [2.24, 2.45) is 12.8 Å². The van der Waals surface area contributed by atoms with Crippen LogP contribution in [0.25, 0.3) is 11.0 Å². The van der Waals surface area contributed by atoms with Crippen LogP contribution in [-0.4, -0.2) is 14.8 Å². The second-order valence-corrected chi connectivity index (χ2v) is 4.56. The summed E-state index contributed by atoms with van der Waals surface area (Å²) in [5.74, 6) is 0.409. The number of pyridine rings is 1. The Labute approximate surface area is 109 Å². The third kappa shape index (κ3) is 2.70. The summed E-state index contributed by atoms with van der Waals surface area (Å²) < 4.78 is 1.83. The molecular weight excluding hydrogens is 224 g/mol. The van der Waals surface area contributed by atoms with E-state index in [1.54, 1.807) is 0 Å². The molecule has 0 saturated carbocycles. The number of hydrogen-bond acceptors (Lipinski definition) is 3. The molecule has 1 unspecified atom stereocenters. The molecule has 0 saturated heterocycles. The van der Waals surface area contributed by atoms with Crippen LogP contribution in [0.2, 0.25) is 0 Å². The minimum atomic E-state index is -0.0400. The zero-order valence-corrected chi connectivity index (χ0v) is 12.2. The summed E-state index contributed by atoms with van der Waals surface area (Å²) in [5, 5.41) is 5.63. The van der Waals surface area contributed by atoms with E-state index in [4.69, 9.17) is 5.73 Å². The fourth-order valence-corrected chi connectivity index (χ4v) is 1.85. The smallest absolute Gasteiger partial charge is 0.158 e. The van der Waals surface area contributed by atoms with Crippen LogP contribution in [0.1, 0.15) is 58.0 Å². The standard InChI is InChI=1S/C12H18N4.C2H6/c1-7(2)11-9-5-6-10(8(3)13)14-12(9)16(4)15-11;1-2/h5-8H,13H2,1-4H3;1-2H3. The molecule has 0 bridgehead atoms. The van der Waals surface area contributed by atoms with Crippen LogP contribution in [0.5, 0.6) is 0 Å². The number of nitrogens with two attached hydrogens (primary N) is 1. The molecule has 2 heterocycles. The average Bonchev–Trinajstić information content (AvgIpc) is 2.69. The monoisotopic (exact) mass is 248 g/mol. The first kappa shape index (κ1) is 14.6. The van der Waals surface area contributed by atoms with E-state index < -0.39 is 0 Å². The van der Waals surface area contributed by atoms with Crippen LogP contribution in [0.15, 0.2) is 12.1 Å². The van der Waals surface area contributed by atoms with Gasteiger partial charge in [0.2, 0.25) is 0 Å². The quantitative estimate of drug-likeness (QED) is 0.888. The van der Waals surface area contributed by atoms with Gasteiger partial charge >= 0.3 is 0 Å². The number of aryl methyl sites for hydroxylation is 1. The van der Waals surface area contributed by atoms with Gasteiger partial charge in [-0.1, -0.05) is 27.7 Å². The van der Waals surface area contributed by atoms with Gasteiger partial charge < -0.3 is 5.73 Å². The van der Waals surface area contributed by atoms with Crippen molar-refractivity contribution in [1.29, 1.82) is 0 Å². The van der Waals surface area contributed by atoms with Crippen LogP contribution in [0, 0.1) is 0 Å². The Morgan fingerprint density at radius 1 is 1.17 bits per heavy atom. The first-order valence-electron chi connectivity index (χ1n) is 6.60. The molecule has 18 heavy (non-hydrogen) atoms. The molecule has 0 aromatic carbocycles. The van der Waals surface area contributed by atoms with Gasteiger partial charge in [-0.15, -0.1) is 0 Å². The maximum Gasteiger partial charge on any atom is 0.158 e. The van der Waals surface area contributed by atoms with E-state index in [1.165, 1.54) is 0 Å². The van der Waals surface area contributed by atoms with Crippen molar-refractivity contribution >= 4 is 11.0 Å². The van der Waals surface area contributed by atoms with Crippen molar-refractivity contribution in [3.05, 3.63) is 23.5 Å². The highest BCUT2D eigenvalue weighted by atomic mass is 15.3. The SMILES string of the molecule is CC.CC(C)c1nn(C)c2nc(C(C)N)ccc12. The minimum Gasteiger partial charge on any atom is -0.323 e. The van der Waals surface area contributed by atoms with Crippen LogP contribution < -0.4 is 5.73 Å². The van der Waals surface area contributed by atoms with E-state index in [0.29, 0.717) is 5.92 Å². The molecule has 0 amide bonds. The van der Waals surface area contributed by atoms with Gasteiger partial charge in [0.1, 0.15) is 0 Å². The van der Waals surface area contributed by atoms with Gasteiger partial charge in [-0.3, -0.25) is 4.68 Å². The molecule has 0 spiro atoms. The van der Waals surface area contributed by atoms with Crippen molar-refractivity contribution in [3.63, 3.8) is 0 Å². The van der Waals surface area contributed by atoms with E-state index in [-0.39, 0.29) is 6.04 Å². The molecule has 100 valence electrons. The minimum absolute atomic E-state index is 0.0400. The third-order valence-corrected chi connectivity index (χ3v) is 2.75. The van der Waals surface area contributed by atoms with Gasteiger partial charge in [0.25, 0.3) is 0 Å². The predicted octanol–water partition coefficient (Wildman–Crippen LogP) is 3.14. The molecule has 0 aliphatic carbocycles. The Hall–Kier alpha value is -1.42. The fourth-order valence-electron chi connectivity index (χ4n) is 1.85. The zero-order valence-electron chi connectivity index (χ0n) is 12.2. The molecule has 2 rings (SSSR count). The Balaban J connectivity index is 0.000000771. The Morgan fingerprint density at radius 2 is 1.78 bits per heavy atom. The second kappa shape index (κ2) is 5.96. The molecule has 4 heteroatoms. The van der Waals surface area contributed by atoms with Crippen molar-refractivity contribution < 1.29 is 0 Å². The van der Waals surface area contributed by atoms with Crippen molar-refractivity contribution in [2.75, 3.05) is 0 Å². The highest BCUT2D eigenvalue weighted by Crippen LogP contribution is 2.24. The van der Waals surface area contributed by atoms with Gasteiger partial charge in [-0.05, 0) is 25.0 Å². The lowest BCUT2D eigenvalue weighted by atomic mass is 10.1. The third-order valence-electron chi connectivity index (χ3n) is 2.75. The molecule has 4 nitrogen and oxygen atoms in total. The molecule has 0 radical (unpaired) electrons. The van der Waals surface area contributed by atoms with Crippen LogP contribution in [0.4, 0.5) is 0 Å². The van der Waals surface area contributed by atoms with E-state index >= 15 is 0 Å². The van der Waals surface area contributed by atoms with Crippen molar-refractivity contribution in [3.8, 4) is 0 Å². The van der Waals surface area contributed by atoms with Gasteiger partial charge in [-0.25, -0.2) is 4.98 Å². The molecule has 0 fully saturated rings. The predicted molar refractivity (Wildman–Crippen MR) is 76.5 cm³/mol. The molecule has 2 N–H and O–H groups in total. The molecule has 2 aromatic heterocycles. The number of rotatable bonds is 2. The summed E-state index contributed by atoms with van der Waals surface area (Å²) in [6.07, 6.45) is 0. The van der Waals surface area contributed by atoms with E-state index in [1.807, 2.05) is 38.6 Å². The molecule has 1 atom stereocenters. The van der Waals surface area contributed by atoms with Crippen LogP contribution >= 0.6 is 0 Å². The molecule has 2 aromatic rings. The zero-order chi connectivity index (χ0) is 13.9. The maximum absolute atomic E-state index is 5.83. The van der Waals surface area contributed by atoms with E-state index in [2.05, 4.69) is 30.0 Å². The summed E-state index contributed by atoms with van der Waals surface area (Å²) in [7, 11) is 1.92. The molecular formula is C14H24N4. The summed E-state index contributed by atoms with van der Waals surface area (Å²) >= 11 is 0. The lowest BCUT2D eigenvalue weighted by Crippen LogP contribution is -2.07. The number of aromatic nitrogens is 3. The summed E-state index contributed by atoms with van der Waals surface area (Å²) in [6.45, 7) is 10.2. The van der Waals surface area contributed by atoms with E-state index in [0.717, 1.165) is 22.4 Å². The Kier molecular flexibility index (Phi) is 4.84. The van der Waals surface area contributed by atoms with Gasteiger partial charge in [-0.2, -0.15) is 5.10 Å². The summed E-state index contributed by atoms with van der Waals surface area (Å²) in [5.41, 5.74) is 8.75. The highest BCUT2D eigenvalue weighted by Gasteiger charge is 2.13. The summed E-state index contributed by atoms with van der Waals surface area (Å²) in [4.78, 5) is 4.55. The lowest BCUT2D eigenvalue weighted by molar-refractivity contribution is 0.719. The first-order chi connectivity index (χ1) is 8.50. The molecule has 0 aliphatic rings. The Bertz CT molecular complexity index is 512.